The van der Waals surface area contributed by atoms with E-state index in [0.29, 0.717) is 5.56 Å². The molecule has 35 heavy (non-hydrogen) atoms. The number of aryl methyl sites for hydroxylation is 2. The van der Waals surface area contributed by atoms with Crippen molar-refractivity contribution >= 4 is 28.2 Å². The molecular weight excluding hydrogens is 432 g/mol. The van der Waals surface area contributed by atoms with E-state index in [1.165, 1.54) is 17.6 Å². The van der Waals surface area contributed by atoms with Gasteiger partial charge in [-0.15, -0.1) is 0 Å². The Balaban J connectivity index is 1.14. The lowest BCUT2D eigenvalue weighted by molar-refractivity contribution is 0.102. The highest BCUT2D eigenvalue weighted by Crippen LogP contribution is 2.25. The summed E-state index contributed by atoms with van der Waals surface area (Å²) in [6, 6.07) is 24.0. The summed E-state index contributed by atoms with van der Waals surface area (Å²) < 4.78 is 2.25. The fraction of sp³-hybridized carbons (Fsp3) is 0.267. The Bertz CT molecular complexity index is 1320. The molecular formula is C30H32N4O. The molecule has 5 rings (SSSR count). The van der Waals surface area contributed by atoms with Gasteiger partial charge in [0, 0.05) is 30.9 Å². The number of aromatic nitrogens is 2. The van der Waals surface area contributed by atoms with Crippen LogP contribution in [-0.2, 0) is 6.54 Å². The summed E-state index contributed by atoms with van der Waals surface area (Å²) in [7, 11) is 0. The van der Waals surface area contributed by atoms with Gasteiger partial charge in [0.2, 0.25) is 0 Å². The van der Waals surface area contributed by atoms with E-state index in [1.54, 1.807) is 0 Å². The van der Waals surface area contributed by atoms with Crippen LogP contribution in [0, 0.1) is 6.92 Å². The van der Waals surface area contributed by atoms with Gasteiger partial charge < -0.3 is 9.88 Å². The summed E-state index contributed by atoms with van der Waals surface area (Å²) in [5, 5.41) is 3.00. The van der Waals surface area contributed by atoms with Gasteiger partial charge in [-0.3, -0.25) is 9.69 Å². The lowest BCUT2D eigenvalue weighted by Gasteiger charge is -2.26. The van der Waals surface area contributed by atoms with Crippen molar-refractivity contribution in [3.05, 3.63) is 102 Å². The average molecular weight is 465 g/mol. The molecule has 1 N–H and O–H groups in total. The molecule has 0 saturated heterocycles. The zero-order valence-electron chi connectivity index (χ0n) is 20.3. The summed E-state index contributed by atoms with van der Waals surface area (Å²) in [6.07, 6.45) is 7.72. The number of amides is 1. The quantitative estimate of drug-likeness (QED) is 0.317. The molecule has 1 amide bonds. The average Bonchev–Trinajstić information content (AvgIpc) is 3.31. The first kappa shape index (κ1) is 23.1. The van der Waals surface area contributed by atoms with Crippen LogP contribution in [0.15, 0.2) is 85.2 Å². The summed E-state index contributed by atoms with van der Waals surface area (Å²) in [4.78, 5) is 19.7. The number of nitrogens with zero attached hydrogens (tertiary/aromatic N) is 3. The van der Waals surface area contributed by atoms with E-state index in [1.807, 2.05) is 48.8 Å². The van der Waals surface area contributed by atoms with E-state index in [9.17, 15) is 4.79 Å². The van der Waals surface area contributed by atoms with Gasteiger partial charge in [0.15, 0.2) is 0 Å². The van der Waals surface area contributed by atoms with Crippen molar-refractivity contribution in [3.8, 4) is 0 Å². The topological polar surface area (TPSA) is 50.2 Å². The Labute approximate surface area is 207 Å². The van der Waals surface area contributed by atoms with Gasteiger partial charge in [-0.2, -0.15) is 0 Å². The van der Waals surface area contributed by atoms with Crippen LogP contribution >= 0.6 is 0 Å². The molecule has 5 heteroatoms. The molecule has 1 aliphatic heterocycles. The van der Waals surface area contributed by atoms with Crippen molar-refractivity contribution in [1.29, 1.82) is 0 Å². The third-order valence-electron chi connectivity index (χ3n) is 6.76. The van der Waals surface area contributed by atoms with Crippen LogP contribution in [0.25, 0.3) is 16.6 Å². The summed E-state index contributed by atoms with van der Waals surface area (Å²) in [6.45, 7) is 6.33. The fourth-order valence-electron chi connectivity index (χ4n) is 4.90. The molecule has 178 valence electrons. The maximum atomic E-state index is 12.5. The lowest BCUT2D eigenvalue weighted by atomic mass is 9.99. The van der Waals surface area contributed by atoms with E-state index in [0.717, 1.165) is 61.3 Å². The van der Waals surface area contributed by atoms with E-state index in [4.69, 9.17) is 0 Å². The summed E-state index contributed by atoms with van der Waals surface area (Å²) in [5.74, 6) is -0.104. The van der Waals surface area contributed by atoms with Gasteiger partial charge in [0.05, 0.1) is 17.4 Å². The number of benzene rings is 3. The zero-order chi connectivity index (χ0) is 24.0. The minimum atomic E-state index is -0.104. The van der Waals surface area contributed by atoms with Crippen LogP contribution in [0.4, 0.5) is 5.69 Å². The van der Waals surface area contributed by atoms with Crippen LogP contribution in [0.5, 0.6) is 0 Å². The largest absolute Gasteiger partial charge is 0.330 e. The first-order valence-electron chi connectivity index (χ1n) is 12.5. The number of carbonyl (C=O) groups excluding carboxylic acids is 1. The Morgan fingerprint density at radius 1 is 0.971 bits per heavy atom. The minimum Gasteiger partial charge on any atom is -0.330 e. The highest BCUT2D eigenvalue weighted by molar-refractivity contribution is 6.05. The number of hydrogen-bond acceptors (Lipinski definition) is 3. The molecule has 4 aromatic rings. The molecule has 2 heterocycles. The van der Waals surface area contributed by atoms with E-state index in [-0.39, 0.29) is 5.91 Å². The number of fused-ring (bicyclic) bond motifs is 1. The summed E-state index contributed by atoms with van der Waals surface area (Å²) >= 11 is 0. The van der Waals surface area contributed by atoms with E-state index in [2.05, 4.69) is 63.1 Å². The molecule has 0 fully saturated rings. The van der Waals surface area contributed by atoms with Crippen LogP contribution < -0.4 is 5.32 Å². The van der Waals surface area contributed by atoms with Gasteiger partial charge in [-0.25, -0.2) is 4.98 Å². The molecule has 1 aliphatic rings. The van der Waals surface area contributed by atoms with Crippen molar-refractivity contribution in [3.63, 3.8) is 0 Å². The zero-order valence-corrected chi connectivity index (χ0v) is 20.3. The second-order valence-corrected chi connectivity index (χ2v) is 9.27. The van der Waals surface area contributed by atoms with Crippen LogP contribution in [0.2, 0.25) is 0 Å². The van der Waals surface area contributed by atoms with Gasteiger partial charge in [-0.1, -0.05) is 54.6 Å². The first-order valence-corrected chi connectivity index (χ1v) is 12.5. The lowest BCUT2D eigenvalue weighted by Crippen LogP contribution is -2.29. The number of unbranched alkanes of at least 4 members (excludes halogenated alkanes) is 1. The number of hydrogen-bond donors (Lipinski definition) is 1. The van der Waals surface area contributed by atoms with Crippen molar-refractivity contribution < 1.29 is 4.79 Å². The van der Waals surface area contributed by atoms with Crippen LogP contribution in [-0.4, -0.2) is 40.0 Å². The third-order valence-corrected chi connectivity index (χ3v) is 6.76. The second-order valence-electron chi connectivity index (χ2n) is 9.27. The Morgan fingerprint density at radius 3 is 2.46 bits per heavy atom. The molecule has 1 aromatic heterocycles. The molecule has 0 radical (unpaired) electrons. The van der Waals surface area contributed by atoms with Crippen molar-refractivity contribution in [1.82, 2.24) is 14.5 Å². The van der Waals surface area contributed by atoms with Gasteiger partial charge >= 0.3 is 0 Å². The molecule has 0 bridgehead atoms. The molecule has 5 nitrogen and oxygen atoms in total. The van der Waals surface area contributed by atoms with Crippen LogP contribution in [0.1, 0.15) is 40.7 Å². The number of rotatable bonds is 8. The molecule has 3 aromatic carbocycles. The van der Waals surface area contributed by atoms with Crippen molar-refractivity contribution in [2.45, 2.75) is 32.7 Å². The Morgan fingerprint density at radius 2 is 1.71 bits per heavy atom. The fourth-order valence-corrected chi connectivity index (χ4v) is 4.90. The molecule has 0 spiro atoms. The highest BCUT2D eigenvalue weighted by Gasteiger charge is 2.13. The van der Waals surface area contributed by atoms with E-state index < -0.39 is 0 Å². The number of anilines is 1. The van der Waals surface area contributed by atoms with Crippen LogP contribution in [0.3, 0.4) is 0 Å². The molecule has 0 unspecified atom stereocenters. The first-order chi connectivity index (χ1) is 17.2. The Kier molecular flexibility index (Phi) is 7.05. The smallest absolute Gasteiger partial charge is 0.255 e. The molecule has 0 atom stereocenters. The maximum absolute atomic E-state index is 12.5. The van der Waals surface area contributed by atoms with E-state index >= 15 is 0 Å². The maximum Gasteiger partial charge on any atom is 0.255 e. The predicted octanol–water partition coefficient (Wildman–Crippen LogP) is 6.17. The molecule has 0 aliphatic carbocycles. The van der Waals surface area contributed by atoms with Gasteiger partial charge in [-0.05, 0) is 73.7 Å². The number of imidazole rings is 1. The standard InChI is InChI=1S/C30H32N4O/c1-23-20-27(32-30(35)26-12-6-3-7-13-26)21-28-29(23)34(22-31-28)17-9-8-16-33-18-14-25(15-19-33)24-10-4-2-5-11-24/h2-7,10-14,20-22H,8-9,15-19H2,1H3,(H,32,35). The predicted molar refractivity (Wildman–Crippen MR) is 144 cm³/mol. The molecule has 0 saturated carbocycles. The second kappa shape index (κ2) is 10.7. The Hall–Kier alpha value is -3.70. The van der Waals surface area contributed by atoms with Crippen molar-refractivity contribution in [2.75, 3.05) is 25.0 Å². The van der Waals surface area contributed by atoms with Crippen molar-refractivity contribution in [2.24, 2.45) is 0 Å². The number of carbonyl (C=O) groups is 1. The monoisotopic (exact) mass is 464 g/mol. The van der Waals surface area contributed by atoms with Gasteiger partial charge in [0.25, 0.3) is 5.91 Å². The number of nitrogens with one attached hydrogen (secondary N) is 1. The van der Waals surface area contributed by atoms with Gasteiger partial charge in [0.1, 0.15) is 0 Å². The third kappa shape index (κ3) is 5.52. The SMILES string of the molecule is Cc1cc(NC(=O)c2ccccc2)cc2ncn(CCCCN3CC=C(c4ccccc4)CC3)c12. The normalized spacial score (nSPS) is 14.1. The minimum absolute atomic E-state index is 0.104. The summed E-state index contributed by atoms with van der Waals surface area (Å²) in [5.41, 5.74) is 7.45. The highest BCUT2D eigenvalue weighted by atomic mass is 16.1.